The van der Waals surface area contributed by atoms with E-state index in [9.17, 15) is 13.2 Å². The fourth-order valence-electron chi connectivity index (χ4n) is 2.43. The lowest BCUT2D eigenvalue weighted by molar-refractivity contribution is 0.102. The van der Waals surface area contributed by atoms with E-state index in [0.717, 1.165) is 4.31 Å². The lowest BCUT2D eigenvalue weighted by Crippen LogP contribution is -2.22. The molecule has 0 saturated carbocycles. The average molecular weight is 412 g/mol. The minimum atomic E-state index is -3.60. The van der Waals surface area contributed by atoms with Gasteiger partial charge in [-0.3, -0.25) is 4.79 Å². The van der Waals surface area contributed by atoms with Gasteiger partial charge < -0.3 is 10.3 Å². The van der Waals surface area contributed by atoms with Crippen LogP contribution in [0.1, 0.15) is 10.5 Å². The molecule has 2 aromatic carbocycles. The topological polar surface area (TPSA) is 82.3 Å². The van der Waals surface area contributed by atoms with E-state index in [1.54, 1.807) is 30.3 Å². The van der Waals surface area contributed by atoms with Crippen molar-refractivity contribution in [2.45, 2.75) is 4.90 Å². The molecule has 0 fully saturated rings. The van der Waals surface area contributed by atoms with Crippen molar-refractivity contribution in [3.8, 4) is 0 Å². The highest BCUT2D eigenvalue weighted by molar-refractivity contribution is 7.89. The van der Waals surface area contributed by atoms with Gasteiger partial charge >= 0.3 is 0 Å². The third kappa shape index (κ3) is 3.43. The zero-order valence-corrected chi connectivity index (χ0v) is 16.2. The molecule has 0 atom stereocenters. The Labute approximate surface area is 160 Å². The molecule has 6 nitrogen and oxygen atoms in total. The van der Waals surface area contributed by atoms with Gasteiger partial charge in [0.05, 0.1) is 9.92 Å². The van der Waals surface area contributed by atoms with Crippen LogP contribution in [0.25, 0.3) is 10.9 Å². The van der Waals surface area contributed by atoms with Crippen LogP contribution in [-0.2, 0) is 10.0 Å². The number of nitrogens with one attached hydrogen (secondary N) is 2. The van der Waals surface area contributed by atoms with Gasteiger partial charge in [0.25, 0.3) is 5.91 Å². The highest BCUT2D eigenvalue weighted by Crippen LogP contribution is 2.30. The van der Waals surface area contributed by atoms with Crippen LogP contribution < -0.4 is 5.32 Å². The molecule has 2 N–H and O–H groups in total. The number of aromatic amines is 1. The van der Waals surface area contributed by atoms with Crippen LogP contribution in [0.4, 0.5) is 5.69 Å². The molecule has 9 heteroatoms. The van der Waals surface area contributed by atoms with Crippen molar-refractivity contribution in [1.29, 1.82) is 0 Å². The van der Waals surface area contributed by atoms with Crippen molar-refractivity contribution in [3.63, 3.8) is 0 Å². The first-order valence-electron chi connectivity index (χ1n) is 7.51. The van der Waals surface area contributed by atoms with Gasteiger partial charge in [-0.15, -0.1) is 0 Å². The van der Waals surface area contributed by atoms with E-state index in [4.69, 9.17) is 23.2 Å². The second-order valence-electron chi connectivity index (χ2n) is 5.77. The van der Waals surface area contributed by atoms with Crippen molar-refractivity contribution in [2.75, 3.05) is 19.4 Å². The van der Waals surface area contributed by atoms with E-state index < -0.39 is 15.9 Å². The number of benzene rings is 2. The molecule has 0 spiro atoms. The zero-order chi connectivity index (χ0) is 19.1. The molecule has 0 radical (unpaired) electrons. The first-order valence-corrected chi connectivity index (χ1v) is 9.70. The van der Waals surface area contributed by atoms with Crippen molar-refractivity contribution >= 4 is 55.7 Å². The molecule has 0 aliphatic rings. The van der Waals surface area contributed by atoms with Gasteiger partial charge in [-0.25, -0.2) is 12.7 Å². The number of aromatic nitrogens is 1. The summed E-state index contributed by atoms with van der Waals surface area (Å²) in [4.78, 5) is 15.6. The molecule has 0 unspecified atom stereocenters. The van der Waals surface area contributed by atoms with Crippen LogP contribution in [-0.4, -0.2) is 37.7 Å². The van der Waals surface area contributed by atoms with Crippen LogP contribution in [0.2, 0.25) is 10.0 Å². The summed E-state index contributed by atoms with van der Waals surface area (Å²) in [5, 5.41) is 4.04. The van der Waals surface area contributed by atoms with E-state index in [0.29, 0.717) is 21.6 Å². The Morgan fingerprint density at radius 3 is 2.54 bits per heavy atom. The van der Waals surface area contributed by atoms with E-state index >= 15 is 0 Å². The normalized spacial score (nSPS) is 11.9. The molecule has 26 heavy (non-hydrogen) atoms. The molecule has 0 aliphatic carbocycles. The summed E-state index contributed by atoms with van der Waals surface area (Å²) in [5.41, 5.74) is 1.18. The molecular formula is C17H15Cl2N3O3S. The molecule has 0 aliphatic heterocycles. The third-order valence-electron chi connectivity index (χ3n) is 3.79. The molecule has 1 aromatic heterocycles. The summed E-state index contributed by atoms with van der Waals surface area (Å²) >= 11 is 12.2. The van der Waals surface area contributed by atoms with Crippen molar-refractivity contribution in [1.82, 2.24) is 9.29 Å². The van der Waals surface area contributed by atoms with Crippen LogP contribution >= 0.6 is 23.2 Å². The van der Waals surface area contributed by atoms with E-state index in [-0.39, 0.29) is 15.6 Å². The lowest BCUT2D eigenvalue weighted by Gasteiger charge is -2.12. The van der Waals surface area contributed by atoms with Gasteiger partial charge in [-0.2, -0.15) is 0 Å². The number of H-pyrrole nitrogens is 1. The quantitative estimate of drug-likeness (QED) is 0.680. The molecular weight excluding hydrogens is 397 g/mol. The number of sulfonamides is 1. The number of halogens is 2. The minimum Gasteiger partial charge on any atom is -0.349 e. The van der Waals surface area contributed by atoms with Gasteiger partial charge in [0.2, 0.25) is 10.0 Å². The number of carbonyl (C=O) groups excluding carboxylic acids is 1. The number of carbonyl (C=O) groups is 1. The summed E-state index contributed by atoms with van der Waals surface area (Å²) in [7, 11) is -0.719. The summed E-state index contributed by atoms with van der Waals surface area (Å²) in [6, 6.07) is 11.1. The summed E-state index contributed by atoms with van der Waals surface area (Å²) in [6.07, 6.45) is 0. The van der Waals surface area contributed by atoms with E-state index in [2.05, 4.69) is 10.3 Å². The lowest BCUT2D eigenvalue weighted by atomic mass is 10.2. The maximum atomic E-state index is 12.6. The van der Waals surface area contributed by atoms with E-state index in [1.165, 1.54) is 26.2 Å². The highest BCUT2D eigenvalue weighted by Gasteiger charge is 2.20. The molecule has 136 valence electrons. The van der Waals surface area contributed by atoms with Gasteiger partial charge in [0, 0.05) is 35.7 Å². The number of rotatable bonds is 4. The molecule has 0 bridgehead atoms. The molecule has 0 saturated heterocycles. The first-order chi connectivity index (χ1) is 12.2. The maximum Gasteiger partial charge on any atom is 0.273 e. The fourth-order valence-corrected chi connectivity index (χ4v) is 3.84. The number of nitrogens with zero attached hydrogens (tertiary/aromatic N) is 1. The standard InChI is InChI=1S/C17H15Cl2N3O3S/c1-22(2)26(24,25)12-5-3-4-11(9-12)20-17(23)16-15(19)13-8-10(18)6-7-14(13)21-16/h3-9,21H,1-2H3,(H,20,23). The number of fused-ring (bicyclic) bond motifs is 1. The number of amides is 1. The Kier molecular flexibility index (Phi) is 4.98. The minimum absolute atomic E-state index is 0.0785. The summed E-state index contributed by atoms with van der Waals surface area (Å²) in [5.74, 6) is -0.485. The van der Waals surface area contributed by atoms with Crippen LogP contribution in [0.15, 0.2) is 47.4 Å². The largest absolute Gasteiger partial charge is 0.349 e. The summed E-state index contributed by atoms with van der Waals surface area (Å²) < 4.78 is 25.5. The average Bonchev–Trinajstić information content (AvgIpc) is 2.91. The molecule has 1 heterocycles. The van der Waals surface area contributed by atoms with Crippen molar-refractivity contribution in [3.05, 3.63) is 58.2 Å². The second kappa shape index (κ2) is 6.92. The van der Waals surface area contributed by atoms with Crippen LogP contribution in [0.3, 0.4) is 0 Å². The Morgan fingerprint density at radius 1 is 1.12 bits per heavy atom. The van der Waals surface area contributed by atoms with Gasteiger partial charge in [-0.1, -0.05) is 29.3 Å². The molecule has 1 amide bonds. The second-order valence-corrected chi connectivity index (χ2v) is 8.74. The fraction of sp³-hybridized carbons (Fsp3) is 0.118. The summed E-state index contributed by atoms with van der Waals surface area (Å²) in [6.45, 7) is 0. The predicted molar refractivity (Wildman–Crippen MR) is 104 cm³/mol. The van der Waals surface area contributed by atoms with Crippen molar-refractivity contribution < 1.29 is 13.2 Å². The van der Waals surface area contributed by atoms with Gasteiger partial charge in [0.15, 0.2) is 0 Å². The highest BCUT2D eigenvalue weighted by atomic mass is 35.5. The Bertz CT molecular complexity index is 1110. The molecule has 3 rings (SSSR count). The number of hydrogen-bond acceptors (Lipinski definition) is 3. The first kappa shape index (κ1) is 18.7. The Morgan fingerprint density at radius 2 is 1.85 bits per heavy atom. The monoisotopic (exact) mass is 411 g/mol. The smallest absolute Gasteiger partial charge is 0.273 e. The molecule has 3 aromatic rings. The third-order valence-corrected chi connectivity index (χ3v) is 6.23. The van der Waals surface area contributed by atoms with Gasteiger partial charge in [0.1, 0.15) is 5.69 Å². The Balaban J connectivity index is 1.93. The zero-order valence-electron chi connectivity index (χ0n) is 13.9. The predicted octanol–water partition coefficient (Wildman–Crippen LogP) is 3.98. The van der Waals surface area contributed by atoms with Gasteiger partial charge in [-0.05, 0) is 36.4 Å². The van der Waals surface area contributed by atoms with Crippen LogP contribution in [0.5, 0.6) is 0 Å². The van der Waals surface area contributed by atoms with Crippen LogP contribution in [0, 0.1) is 0 Å². The van der Waals surface area contributed by atoms with E-state index in [1.807, 2.05) is 0 Å². The number of hydrogen-bond donors (Lipinski definition) is 2. The number of anilines is 1. The SMILES string of the molecule is CN(C)S(=O)(=O)c1cccc(NC(=O)c2[nH]c3ccc(Cl)cc3c2Cl)c1. The maximum absolute atomic E-state index is 12.6. The van der Waals surface area contributed by atoms with Crippen molar-refractivity contribution in [2.24, 2.45) is 0 Å². The Hall–Kier alpha value is -2.06.